The first kappa shape index (κ1) is 13.8. The van der Waals surface area contributed by atoms with Gasteiger partial charge in [-0.15, -0.1) is 5.10 Å². The average molecular weight is 299 g/mol. The fourth-order valence-electron chi connectivity index (χ4n) is 2.08. The van der Waals surface area contributed by atoms with E-state index in [1.165, 1.54) is 21.3 Å². The van der Waals surface area contributed by atoms with Crippen molar-refractivity contribution in [3.8, 4) is 0 Å². The number of fused-ring (bicyclic) bond motifs is 1. The summed E-state index contributed by atoms with van der Waals surface area (Å²) < 4.78 is 2.69. The summed E-state index contributed by atoms with van der Waals surface area (Å²) in [4.78, 5) is 37.8. The fraction of sp³-hybridized carbons (Fsp3) is 0.143. The van der Waals surface area contributed by atoms with Crippen LogP contribution in [0.5, 0.6) is 0 Å². The lowest BCUT2D eigenvalue weighted by Crippen LogP contribution is -2.33. The van der Waals surface area contributed by atoms with Gasteiger partial charge < -0.3 is 10.3 Å². The molecule has 112 valence electrons. The molecule has 3 aromatic heterocycles. The van der Waals surface area contributed by atoms with Gasteiger partial charge in [0.2, 0.25) is 0 Å². The van der Waals surface area contributed by atoms with Crippen LogP contribution in [-0.4, -0.2) is 31.6 Å². The number of carbonyl (C=O) groups excluding carboxylic acids is 1. The second-order valence-electron chi connectivity index (χ2n) is 4.60. The van der Waals surface area contributed by atoms with Crippen molar-refractivity contribution in [3.05, 3.63) is 69.1 Å². The van der Waals surface area contributed by atoms with Crippen LogP contribution in [0.15, 0.2) is 52.3 Å². The molecule has 1 amide bonds. The number of nitrogens with one attached hydrogen (secondary N) is 2. The SMILES string of the molecule is O=C(NCCn1nc2ccccn2c1=O)c1ccc[nH]c1=O. The van der Waals surface area contributed by atoms with Crippen molar-refractivity contribution in [2.24, 2.45) is 0 Å². The lowest BCUT2D eigenvalue weighted by molar-refractivity contribution is 0.0950. The van der Waals surface area contributed by atoms with E-state index in [1.54, 1.807) is 30.5 Å². The van der Waals surface area contributed by atoms with Crippen molar-refractivity contribution < 1.29 is 4.79 Å². The molecule has 22 heavy (non-hydrogen) atoms. The average Bonchev–Trinajstić information content (AvgIpc) is 2.84. The van der Waals surface area contributed by atoms with Gasteiger partial charge in [0.05, 0.1) is 6.54 Å². The van der Waals surface area contributed by atoms with Gasteiger partial charge in [-0.25, -0.2) is 9.48 Å². The van der Waals surface area contributed by atoms with Crippen LogP contribution in [0.2, 0.25) is 0 Å². The Morgan fingerprint density at radius 2 is 2.09 bits per heavy atom. The number of aromatic nitrogens is 4. The summed E-state index contributed by atoms with van der Waals surface area (Å²) in [7, 11) is 0. The van der Waals surface area contributed by atoms with Crippen molar-refractivity contribution in [2.45, 2.75) is 6.54 Å². The van der Waals surface area contributed by atoms with Gasteiger partial charge in [-0.1, -0.05) is 6.07 Å². The van der Waals surface area contributed by atoms with Gasteiger partial charge in [0.25, 0.3) is 11.5 Å². The van der Waals surface area contributed by atoms with E-state index in [2.05, 4.69) is 15.4 Å². The summed E-state index contributed by atoms with van der Waals surface area (Å²) in [6, 6.07) is 8.26. The molecule has 0 fully saturated rings. The topological polar surface area (TPSA) is 101 Å². The van der Waals surface area contributed by atoms with E-state index in [0.717, 1.165) is 0 Å². The molecule has 0 aliphatic rings. The van der Waals surface area contributed by atoms with Gasteiger partial charge in [-0.05, 0) is 24.3 Å². The smallest absolute Gasteiger partial charge is 0.350 e. The Morgan fingerprint density at radius 1 is 1.23 bits per heavy atom. The maximum absolute atomic E-state index is 12.0. The molecule has 0 spiro atoms. The van der Waals surface area contributed by atoms with Crippen molar-refractivity contribution in [3.63, 3.8) is 0 Å². The van der Waals surface area contributed by atoms with Crippen molar-refractivity contribution in [1.82, 2.24) is 24.5 Å². The monoisotopic (exact) mass is 299 g/mol. The highest BCUT2D eigenvalue weighted by Gasteiger charge is 2.10. The van der Waals surface area contributed by atoms with Crippen LogP contribution >= 0.6 is 0 Å². The predicted octanol–water partition coefficient (Wildman–Crippen LogP) is -0.386. The molecular formula is C14H13N5O3. The molecular weight excluding hydrogens is 286 g/mol. The molecule has 0 atom stereocenters. The molecule has 0 aromatic carbocycles. The van der Waals surface area contributed by atoms with E-state index in [0.29, 0.717) is 5.65 Å². The minimum absolute atomic E-state index is 0.0323. The molecule has 3 rings (SSSR count). The minimum Gasteiger partial charge on any atom is -0.350 e. The van der Waals surface area contributed by atoms with E-state index in [-0.39, 0.29) is 24.3 Å². The van der Waals surface area contributed by atoms with Crippen molar-refractivity contribution >= 4 is 11.6 Å². The number of amides is 1. The van der Waals surface area contributed by atoms with Gasteiger partial charge in [0.1, 0.15) is 5.56 Å². The molecule has 0 aliphatic carbocycles. The van der Waals surface area contributed by atoms with Crippen LogP contribution in [0, 0.1) is 0 Å². The highest BCUT2D eigenvalue weighted by molar-refractivity contribution is 5.93. The lowest BCUT2D eigenvalue weighted by atomic mass is 10.2. The summed E-state index contributed by atoms with van der Waals surface area (Å²) >= 11 is 0. The number of pyridine rings is 2. The maximum Gasteiger partial charge on any atom is 0.350 e. The second-order valence-corrected chi connectivity index (χ2v) is 4.60. The molecule has 3 heterocycles. The molecule has 3 aromatic rings. The first-order chi connectivity index (χ1) is 10.7. The summed E-state index contributed by atoms with van der Waals surface area (Å²) in [6.45, 7) is 0.411. The molecule has 0 saturated carbocycles. The van der Waals surface area contributed by atoms with Crippen LogP contribution in [0.1, 0.15) is 10.4 Å². The second kappa shape index (κ2) is 5.68. The third-order valence-electron chi connectivity index (χ3n) is 3.16. The number of hydrogen-bond acceptors (Lipinski definition) is 4. The number of nitrogens with zero attached hydrogens (tertiary/aromatic N) is 3. The van der Waals surface area contributed by atoms with Gasteiger partial charge in [0, 0.05) is 18.9 Å². The maximum atomic E-state index is 12.0. The van der Waals surface area contributed by atoms with Gasteiger partial charge >= 0.3 is 5.69 Å². The zero-order valence-electron chi connectivity index (χ0n) is 11.5. The van der Waals surface area contributed by atoms with Crippen LogP contribution in [0.3, 0.4) is 0 Å². The summed E-state index contributed by atoms with van der Waals surface area (Å²) in [6.07, 6.45) is 3.08. The van der Waals surface area contributed by atoms with Gasteiger partial charge in [-0.2, -0.15) is 0 Å². The quantitative estimate of drug-likeness (QED) is 0.685. The fourth-order valence-corrected chi connectivity index (χ4v) is 2.08. The normalized spacial score (nSPS) is 10.7. The first-order valence-electron chi connectivity index (χ1n) is 6.67. The minimum atomic E-state index is -0.487. The van der Waals surface area contributed by atoms with Crippen molar-refractivity contribution in [1.29, 1.82) is 0 Å². The summed E-state index contributed by atoms with van der Waals surface area (Å²) in [5.74, 6) is -0.487. The molecule has 0 radical (unpaired) electrons. The Bertz CT molecular complexity index is 937. The van der Waals surface area contributed by atoms with E-state index in [4.69, 9.17) is 0 Å². The molecule has 0 bridgehead atoms. The Morgan fingerprint density at radius 3 is 2.86 bits per heavy atom. The Kier molecular flexibility index (Phi) is 3.57. The van der Waals surface area contributed by atoms with Crippen LogP contribution in [0.25, 0.3) is 5.65 Å². The zero-order chi connectivity index (χ0) is 15.5. The number of rotatable bonds is 4. The third kappa shape index (κ3) is 2.53. The molecule has 2 N–H and O–H groups in total. The first-order valence-corrected chi connectivity index (χ1v) is 6.67. The van der Waals surface area contributed by atoms with Gasteiger partial charge in [-0.3, -0.25) is 14.0 Å². The Balaban J connectivity index is 1.69. The zero-order valence-corrected chi connectivity index (χ0v) is 11.5. The largest absolute Gasteiger partial charge is 0.350 e. The Hall–Kier alpha value is -3.16. The molecule has 8 heteroatoms. The van der Waals surface area contributed by atoms with Crippen LogP contribution in [-0.2, 0) is 6.54 Å². The Labute approximate surface area is 124 Å². The predicted molar refractivity (Wildman–Crippen MR) is 78.8 cm³/mol. The summed E-state index contributed by atoms with van der Waals surface area (Å²) in [5, 5.41) is 6.74. The highest BCUT2D eigenvalue weighted by atomic mass is 16.2. The molecule has 8 nitrogen and oxygen atoms in total. The number of hydrogen-bond donors (Lipinski definition) is 2. The van der Waals surface area contributed by atoms with E-state index >= 15 is 0 Å². The molecule has 0 aliphatic heterocycles. The standard InChI is InChI=1S/C14H13N5O3/c20-12-10(4-3-6-15-12)13(21)16-7-9-19-14(22)18-8-2-1-5-11(18)17-19/h1-6,8H,7,9H2,(H,15,20)(H,16,21). The highest BCUT2D eigenvalue weighted by Crippen LogP contribution is 1.94. The number of aromatic amines is 1. The molecule has 0 saturated heterocycles. The lowest BCUT2D eigenvalue weighted by Gasteiger charge is -2.03. The number of H-pyrrole nitrogens is 1. The van der Waals surface area contributed by atoms with Crippen LogP contribution < -0.4 is 16.6 Å². The van der Waals surface area contributed by atoms with E-state index < -0.39 is 11.5 Å². The van der Waals surface area contributed by atoms with Crippen molar-refractivity contribution in [2.75, 3.05) is 6.54 Å². The van der Waals surface area contributed by atoms with E-state index in [1.807, 2.05) is 0 Å². The molecule has 0 unspecified atom stereocenters. The van der Waals surface area contributed by atoms with Gasteiger partial charge in [0.15, 0.2) is 5.65 Å². The summed E-state index contributed by atoms with van der Waals surface area (Å²) in [5.41, 5.74) is -0.157. The number of carbonyl (C=O) groups is 1. The van der Waals surface area contributed by atoms with Crippen LogP contribution in [0.4, 0.5) is 0 Å². The third-order valence-corrected chi connectivity index (χ3v) is 3.16. The van der Waals surface area contributed by atoms with E-state index in [9.17, 15) is 14.4 Å².